The number of nitrogens with one attached hydrogen (secondary N) is 2. The van der Waals surface area contributed by atoms with E-state index >= 15 is 0 Å². The molecule has 2 N–H and O–H groups in total. The number of hydrogen-bond acceptors (Lipinski definition) is 6. The number of amides is 1. The smallest absolute Gasteiger partial charge is 0.307 e. The summed E-state index contributed by atoms with van der Waals surface area (Å²) in [5.74, 6) is -0.368. The van der Waals surface area contributed by atoms with Crippen molar-refractivity contribution in [3.8, 4) is 5.75 Å². The Kier molecular flexibility index (Phi) is 9.40. The molecule has 0 aromatic heterocycles. The molecule has 1 aromatic carbocycles. The van der Waals surface area contributed by atoms with Crippen LogP contribution in [0.4, 0.5) is 0 Å². The third-order valence-corrected chi connectivity index (χ3v) is 6.13. The molecule has 0 radical (unpaired) electrons. The van der Waals surface area contributed by atoms with Crippen LogP contribution in [0, 0.1) is 0 Å². The average Bonchev–Trinajstić information content (AvgIpc) is 2.95. The molecule has 0 heterocycles. The van der Waals surface area contributed by atoms with Crippen LogP contribution in [-0.2, 0) is 24.3 Å². The second-order valence-corrected chi connectivity index (χ2v) is 8.74. The summed E-state index contributed by atoms with van der Waals surface area (Å²) in [4.78, 5) is 23.8. The minimum Gasteiger partial charge on any atom is -0.494 e. The van der Waals surface area contributed by atoms with Crippen LogP contribution in [0.25, 0.3) is 0 Å². The van der Waals surface area contributed by atoms with Gasteiger partial charge in [-0.1, -0.05) is 25.7 Å². The molecule has 1 aliphatic carbocycles. The molecule has 1 saturated carbocycles. The van der Waals surface area contributed by atoms with Crippen LogP contribution in [0.3, 0.4) is 0 Å². The summed E-state index contributed by atoms with van der Waals surface area (Å²) in [6.45, 7) is 1.87. The molecule has 0 spiro atoms. The van der Waals surface area contributed by atoms with E-state index in [4.69, 9.17) is 9.47 Å². The summed E-state index contributed by atoms with van der Waals surface area (Å²) in [5, 5.41) is 2.89. The monoisotopic (exact) mass is 426 g/mol. The summed E-state index contributed by atoms with van der Waals surface area (Å²) in [7, 11) is -3.73. The first-order valence-electron chi connectivity index (χ1n) is 10.1. The van der Waals surface area contributed by atoms with Gasteiger partial charge in [0, 0.05) is 12.6 Å². The third-order valence-electron chi connectivity index (χ3n) is 4.65. The third kappa shape index (κ3) is 8.41. The molecule has 162 valence electrons. The summed E-state index contributed by atoms with van der Waals surface area (Å²) in [6.07, 6.45) is 6.31. The Bertz CT molecular complexity index is 756. The zero-order valence-corrected chi connectivity index (χ0v) is 17.6. The molecule has 1 aliphatic rings. The maximum absolute atomic E-state index is 12.2. The fourth-order valence-corrected chi connectivity index (χ4v) is 4.20. The predicted octanol–water partition coefficient (Wildman–Crippen LogP) is 2.14. The Hall–Kier alpha value is -2.13. The summed E-state index contributed by atoms with van der Waals surface area (Å²) in [5.41, 5.74) is 0. The second-order valence-electron chi connectivity index (χ2n) is 6.97. The summed E-state index contributed by atoms with van der Waals surface area (Å²) in [6, 6.07) is 6.15. The van der Waals surface area contributed by atoms with Crippen LogP contribution in [0.5, 0.6) is 5.75 Å². The molecule has 1 fully saturated rings. The van der Waals surface area contributed by atoms with Crippen molar-refractivity contribution in [2.75, 3.05) is 19.8 Å². The van der Waals surface area contributed by atoms with Gasteiger partial charge >= 0.3 is 5.97 Å². The summed E-state index contributed by atoms with van der Waals surface area (Å²) < 4.78 is 37.0. The van der Waals surface area contributed by atoms with Gasteiger partial charge in [0.05, 0.1) is 17.9 Å². The highest BCUT2D eigenvalue weighted by molar-refractivity contribution is 7.89. The minimum atomic E-state index is -3.73. The van der Waals surface area contributed by atoms with Gasteiger partial charge in [-0.3, -0.25) is 9.59 Å². The van der Waals surface area contributed by atoms with Crippen molar-refractivity contribution in [3.63, 3.8) is 0 Å². The number of esters is 1. The molecule has 1 amide bonds. The van der Waals surface area contributed by atoms with Gasteiger partial charge in [-0.15, -0.1) is 0 Å². The van der Waals surface area contributed by atoms with Crippen molar-refractivity contribution in [1.82, 2.24) is 10.0 Å². The fraction of sp³-hybridized carbons (Fsp3) is 0.600. The predicted molar refractivity (Wildman–Crippen MR) is 108 cm³/mol. The number of sulfonamides is 1. The highest BCUT2D eigenvalue weighted by Crippen LogP contribution is 2.17. The lowest BCUT2D eigenvalue weighted by atomic mass is 10.1. The van der Waals surface area contributed by atoms with E-state index in [2.05, 4.69) is 10.0 Å². The Morgan fingerprint density at radius 1 is 1.07 bits per heavy atom. The van der Waals surface area contributed by atoms with Crippen molar-refractivity contribution in [2.45, 2.75) is 62.8 Å². The minimum absolute atomic E-state index is 0.0806. The number of ether oxygens (including phenoxy) is 2. The maximum Gasteiger partial charge on any atom is 0.307 e. The molecule has 0 unspecified atom stereocenters. The topological polar surface area (TPSA) is 111 Å². The standard InChI is InChI=1S/C20H30N2O6S/c1-2-27-17-9-11-18(12-10-17)29(25,26)21-14-13-20(24)28-15-19(23)22-16-7-5-3-4-6-8-16/h9-12,16,21H,2-8,13-15H2,1H3,(H,22,23). The van der Waals surface area contributed by atoms with Crippen molar-refractivity contribution in [3.05, 3.63) is 24.3 Å². The van der Waals surface area contributed by atoms with Crippen LogP contribution in [-0.4, -0.2) is 46.1 Å². The quantitative estimate of drug-likeness (QED) is 0.438. The largest absolute Gasteiger partial charge is 0.494 e. The van der Waals surface area contributed by atoms with Gasteiger partial charge in [-0.2, -0.15) is 0 Å². The lowest BCUT2D eigenvalue weighted by molar-refractivity contribution is -0.148. The van der Waals surface area contributed by atoms with E-state index in [1.807, 2.05) is 6.92 Å². The van der Waals surface area contributed by atoms with Gasteiger partial charge in [0.25, 0.3) is 5.91 Å². The van der Waals surface area contributed by atoms with Gasteiger partial charge < -0.3 is 14.8 Å². The first-order valence-corrected chi connectivity index (χ1v) is 11.6. The lowest BCUT2D eigenvalue weighted by Crippen LogP contribution is -2.37. The second kappa shape index (κ2) is 11.8. The molecular formula is C20H30N2O6S. The molecule has 1 aromatic rings. The first kappa shape index (κ1) is 23.2. The average molecular weight is 427 g/mol. The molecule has 29 heavy (non-hydrogen) atoms. The van der Waals surface area contributed by atoms with Crippen LogP contribution in [0.2, 0.25) is 0 Å². The molecule has 8 nitrogen and oxygen atoms in total. The van der Waals surface area contributed by atoms with Crippen molar-refractivity contribution in [2.24, 2.45) is 0 Å². The van der Waals surface area contributed by atoms with Crippen LogP contribution in [0.1, 0.15) is 51.9 Å². The van der Waals surface area contributed by atoms with E-state index in [1.165, 1.54) is 25.0 Å². The molecular weight excluding hydrogens is 396 g/mol. The van der Waals surface area contributed by atoms with Gasteiger partial charge in [-0.05, 0) is 44.0 Å². The SMILES string of the molecule is CCOc1ccc(S(=O)(=O)NCCC(=O)OCC(=O)NC2CCCCCC2)cc1. The van der Waals surface area contributed by atoms with E-state index < -0.39 is 16.0 Å². The highest BCUT2D eigenvalue weighted by atomic mass is 32.2. The number of hydrogen-bond donors (Lipinski definition) is 2. The zero-order valence-electron chi connectivity index (χ0n) is 16.8. The molecule has 0 bridgehead atoms. The van der Waals surface area contributed by atoms with Gasteiger partial charge in [-0.25, -0.2) is 13.1 Å². The number of carbonyl (C=O) groups excluding carboxylic acids is 2. The van der Waals surface area contributed by atoms with E-state index in [1.54, 1.807) is 12.1 Å². The Balaban J connectivity index is 1.68. The molecule has 0 aliphatic heterocycles. The lowest BCUT2D eigenvalue weighted by Gasteiger charge is -2.16. The van der Waals surface area contributed by atoms with E-state index in [0.29, 0.717) is 12.4 Å². The summed E-state index contributed by atoms with van der Waals surface area (Å²) >= 11 is 0. The van der Waals surface area contributed by atoms with E-state index in [0.717, 1.165) is 25.7 Å². The Morgan fingerprint density at radius 3 is 2.34 bits per heavy atom. The van der Waals surface area contributed by atoms with Crippen molar-refractivity contribution in [1.29, 1.82) is 0 Å². The Labute approximate surface area is 172 Å². The molecule has 0 atom stereocenters. The van der Waals surface area contributed by atoms with Crippen LogP contribution < -0.4 is 14.8 Å². The number of carbonyl (C=O) groups is 2. The van der Waals surface area contributed by atoms with Crippen LogP contribution in [0.15, 0.2) is 29.2 Å². The molecule has 2 rings (SSSR count). The van der Waals surface area contributed by atoms with Crippen molar-refractivity contribution < 1.29 is 27.5 Å². The maximum atomic E-state index is 12.2. The van der Waals surface area contributed by atoms with Crippen molar-refractivity contribution >= 4 is 21.9 Å². The zero-order chi connectivity index (χ0) is 21.1. The number of rotatable bonds is 10. The fourth-order valence-electron chi connectivity index (χ4n) is 3.16. The normalized spacial score (nSPS) is 15.3. The highest BCUT2D eigenvalue weighted by Gasteiger charge is 2.17. The van der Waals surface area contributed by atoms with Gasteiger partial charge in [0.15, 0.2) is 6.61 Å². The molecule has 0 saturated heterocycles. The van der Waals surface area contributed by atoms with Crippen LogP contribution >= 0.6 is 0 Å². The molecule has 9 heteroatoms. The van der Waals surface area contributed by atoms with E-state index in [9.17, 15) is 18.0 Å². The Morgan fingerprint density at radius 2 is 1.72 bits per heavy atom. The first-order chi connectivity index (χ1) is 13.9. The van der Waals surface area contributed by atoms with Gasteiger partial charge in [0.1, 0.15) is 5.75 Å². The number of benzene rings is 1. The van der Waals surface area contributed by atoms with Gasteiger partial charge in [0.2, 0.25) is 10.0 Å². The van der Waals surface area contributed by atoms with E-state index in [-0.39, 0.29) is 36.4 Å².